The minimum atomic E-state index is 0.403. The molecule has 0 N–H and O–H groups in total. The van der Waals surface area contributed by atoms with Gasteiger partial charge in [-0.15, -0.1) is 0 Å². The molecule has 0 aromatic heterocycles. The van der Waals surface area contributed by atoms with Crippen LogP contribution in [0, 0.1) is 5.92 Å². The molecule has 0 saturated heterocycles. The lowest BCUT2D eigenvalue weighted by Crippen LogP contribution is -1.96. The molecule has 0 rings (SSSR count). The third kappa shape index (κ3) is 5.80. The van der Waals surface area contributed by atoms with Crippen LogP contribution in [-0.4, -0.2) is 5.78 Å². The van der Waals surface area contributed by atoms with Crippen LogP contribution in [0.2, 0.25) is 0 Å². The van der Waals surface area contributed by atoms with E-state index in [4.69, 9.17) is 0 Å². The van der Waals surface area contributed by atoms with E-state index in [9.17, 15) is 4.79 Å². The summed E-state index contributed by atoms with van der Waals surface area (Å²) in [4.78, 5) is 10.8. The molecule has 0 fully saturated rings. The van der Waals surface area contributed by atoms with Crippen molar-refractivity contribution in [1.82, 2.24) is 0 Å². The highest BCUT2D eigenvalue weighted by Gasteiger charge is 1.98. The number of rotatable bonds is 5. The molecule has 0 aromatic rings. The molecular formula is C9H18O. The number of carbonyl (C=O) groups is 1. The van der Waals surface area contributed by atoms with Crippen molar-refractivity contribution < 1.29 is 4.79 Å². The first-order chi connectivity index (χ1) is 4.66. The Kier molecular flexibility index (Phi) is 5.27. The molecule has 0 atom stereocenters. The maximum atomic E-state index is 10.8. The lowest BCUT2D eigenvalue weighted by Gasteiger charge is -2.01. The van der Waals surface area contributed by atoms with Crippen LogP contribution in [0.3, 0.4) is 0 Å². The smallest absolute Gasteiger partial charge is 0.132 e. The van der Waals surface area contributed by atoms with Crippen LogP contribution < -0.4 is 0 Å². The molecule has 0 aliphatic rings. The van der Waals surface area contributed by atoms with Crippen molar-refractivity contribution in [3.8, 4) is 0 Å². The Bertz CT molecular complexity index is 94.9. The summed E-state index contributed by atoms with van der Waals surface area (Å²) in [5, 5.41) is 0. The van der Waals surface area contributed by atoms with E-state index in [1.165, 1.54) is 6.42 Å². The molecule has 60 valence electrons. The summed E-state index contributed by atoms with van der Waals surface area (Å²) in [7, 11) is 0. The number of hydrogen-bond donors (Lipinski definition) is 0. The van der Waals surface area contributed by atoms with Crippen molar-refractivity contribution in [2.24, 2.45) is 5.92 Å². The number of Topliss-reactive ketones (excluding diaryl/α,β-unsaturated/α-hetero) is 1. The summed E-state index contributed by atoms with van der Waals surface area (Å²) < 4.78 is 0. The van der Waals surface area contributed by atoms with E-state index in [0.717, 1.165) is 18.8 Å². The van der Waals surface area contributed by atoms with Crippen LogP contribution in [0.5, 0.6) is 0 Å². The van der Waals surface area contributed by atoms with Crippen LogP contribution in [0.15, 0.2) is 0 Å². The second kappa shape index (κ2) is 5.45. The first-order valence-corrected chi connectivity index (χ1v) is 4.18. The van der Waals surface area contributed by atoms with Crippen LogP contribution in [-0.2, 0) is 4.79 Å². The average molecular weight is 142 g/mol. The van der Waals surface area contributed by atoms with E-state index in [-0.39, 0.29) is 0 Å². The SMILES string of the molecule is CCC(=O)CCCC(C)C. The van der Waals surface area contributed by atoms with Gasteiger partial charge in [-0.1, -0.05) is 27.2 Å². The highest BCUT2D eigenvalue weighted by atomic mass is 16.1. The zero-order chi connectivity index (χ0) is 7.98. The van der Waals surface area contributed by atoms with Crippen LogP contribution >= 0.6 is 0 Å². The molecule has 0 radical (unpaired) electrons. The second-order valence-corrected chi connectivity index (χ2v) is 3.18. The third-order valence-electron chi connectivity index (χ3n) is 1.63. The summed E-state index contributed by atoms with van der Waals surface area (Å²) in [6.07, 6.45) is 3.75. The number of carbonyl (C=O) groups excluding carboxylic acids is 1. The molecule has 0 bridgehead atoms. The Hall–Kier alpha value is -0.330. The Morgan fingerprint density at radius 2 is 2.00 bits per heavy atom. The Balaban J connectivity index is 3.12. The van der Waals surface area contributed by atoms with Crippen molar-refractivity contribution in [2.45, 2.75) is 46.5 Å². The fourth-order valence-corrected chi connectivity index (χ4v) is 0.884. The molecule has 10 heavy (non-hydrogen) atoms. The molecule has 0 saturated carbocycles. The highest BCUT2D eigenvalue weighted by Crippen LogP contribution is 2.06. The van der Waals surface area contributed by atoms with Crippen LogP contribution in [0.4, 0.5) is 0 Å². The van der Waals surface area contributed by atoms with Crippen molar-refractivity contribution >= 4 is 5.78 Å². The van der Waals surface area contributed by atoms with Crippen molar-refractivity contribution in [2.75, 3.05) is 0 Å². The summed E-state index contributed by atoms with van der Waals surface area (Å²) >= 11 is 0. The summed E-state index contributed by atoms with van der Waals surface area (Å²) in [6.45, 7) is 6.31. The molecule has 0 aliphatic heterocycles. The van der Waals surface area contributed by atoms with Crippen LogP contribution in [0.1, 0.15) is 46.5 Å². The highest BCUT2D eigenvalue weighted by molar-refractivity contribution is 5.77. The molecule has 0 amide bonds. The first kappa shape index (κ1) is 9.67. The standard InChI is InChI=1S/C9H18O/c1-4-9(10)7-5-6-8(2)3/h8H,4-7H2,1-3H3. The maximum Gasteiger partial charge on any atom is 0.132 e. The first-order valence-electron chi connectivity index (χ1n) is 4.18. The minimum absolute atomic E-state index is 0.403. The van der Waals surface area contributed by atoms with E-state index in [0.29, 0.717) is 12.2 Å². The molecule has 1 heteroatoms. The van der Waals surface area contributed by atoms with E-state index >= 15 is 0 Å². The van der Waals surface area contributed by atoms with Gasteiger partial charge in [-0.3, -0.25) is 4.79 Å². The number of hydrogen-bond acceptors (Lipinski definition) is 1. The molecular weight excluding hydrogens is 124 g/mol. The van der Waals surface area contributed by atoms with Crippen molar-refractivity contribution in [1.29, 1.82) is 0 Å². The Labute approximate surface area is 63.8 Å². The second-order valence-electron chi connectivity index (χ2n) is 3.18. The van der Waals surface area contributed by atoms with E-state index in [2.05, 4.69) is 13.8 Å². The van der Waals surface area contributed by atoms with E-state index in [1.54, 1.807) is 0 Å². The normalized spacial score (nSPS) is 10.4. The fourth-order valence-electron chi connectivity index (χ4n) is 0.884. The molecule has 1 nitrogen and oxygen atoms in total. The van der Waals surface area contributed by atoms with Crippen molar-refractivity contribution in [3.05, 3.63) is 0 Å². The lowest BCUT2D eigenvalue weighted by molar-refractivity contribution is -0.118. The van der Waals surface area contributed by atoms with Crippen molar-refractivity contribution in [3.63, 3.8) is 0 Å². The van der Waals surface area contributed by atoms with Gasteiger partial charge in [-0.05, 0) is 12.3 Å². The van der Waals surface area contributed by atoms with Gasteiger partial charge in [0.1, 0.15) is 5.78 Å². The summed E-state index contributed by atoms with van der Waals surface area (Å²) in [6, 6.07) is 0. The zero-order valence-electron chi connectivity index (χ0n) is 7.31. The van der Waals surface area contributed by atoms with E-state index < -0.39 is 0 Å². The van der Waals surface area contributed by atoms with Crippen LogP contribution in [0.25, 0.3) is 0 Å². The maximum absolute atomic E-state index is 10.8. The molecule has 0 aliphatic carbocycles. The van der Waals surface area contributed by atoms with E-state index in [1.807, 2.05) is 6.92 Å². The Morgan fingerprint density at radius 3 is 2.40 bits per heavy atom. The topological polar surface area (TPSA) is 17.1 Å². The summed E-state index contributed by atoms with van der Waals surface area (Å²) in [5.74, 6) is 1.14. The van der Waals surface area contributed by atoms with Gasteiger partial charge in [0.25, 0.3) is 0 Å². The van der Waals surface area contributed by atoms with Gasteiger partial charge < -0.3 is 0 Å². The predicted octanol–water partition coefficient (Wildman–Crippen LogP) is 2.79. The largest absolute Gasteiger partial charge is 0.300 e. The fraction of sp³-hybridized carbons (Fsp3) is 0.889. The lowest BCUT2D eigenvalue weighted by atomic mass is 10.0. The summed E-state index contributed by atoms with van der Waals surface area (Å²) in [5.41, 5.74) is 0. The average Bonchev–Trinajstić information content (AvgIpc) is 1.87. The molecule has 0 heterocycles. The molecule has 0 spiro atoms. The molecule has 0 unspecified atom stereocenters. The Morgan fingerprint density at radius 1 is 1.40 bits per heavy atom. The van der Waals surface area contributed by atoms with Gasteiger partial charge in [0.15, 0.2) is 0 Å². The monoisotopic (exact) mass is 142 g/mol. The quantitative estimate of drug-likeness (QED) is 0.577. The third-order valence-corrected chi connectivity index (χ3v) is 1.63. The van der Waals surface area contributed by atoms with Gasteiger partial charge in [-0.25, -0.2) is 0 Å². The number of ketones is 1. The molecule has 0 aromatic carbocycles. The van der Waals surface area contributed by atoms with Gasteiger partial charge in [-0.2, -0.15) is 0 Å². The predicted molar refractivity (Wildman–Crippen MR) is 44.0 cm³/mol. The minimum Gasteiger partial charge on any atom is -0.300 e. The van der Waals surface area contributed by atoms with Gasteiger partial charge >= 0.3 is 0 Å². The zero-order valence-corrected chi connectivity index (χ0v) is 7.31. The van der Waals surface area contributed by atoms with Gasteiger partial charge in [0.2, 0.25) is 0 Å². The van der Waals surface area contributed by atoms with Gasteiger partial charge in [0.05, 0.1) is 0 Å². The van der Waals surface area contributed by atoms with Gasteiger partial charge in [0, 0.05) is 12.8 Å².